The van der Waals surface area contributed by atoms with E-state index >= 15 is 0 Å². The third-order valence-electron chi connectivity index (χ3n) is 6.08. The summed E-state index contributed by atoms with van der Waals surface area (Å²) in [6, 6.07) is 4.69. The first kappa shape index (κ1) is 25.3. The van der Waals surface area contributed by atoms with Gasteiger partial charge in [0.25, 0.3) is 0 Å². The van der Waals surface area contributed by atoms with Gasteiger partial charge in [-0.25, -0.2) is 24.3 Å². The van der Waals surface area contributed by atoms with Gasteiger partial charge >= 0.3 is 6.61 Å². The van der Waals surface area contributed by atoms with E-state index in [1.54, 1.807) is 0 Å². The fourth-order valence-electron chi connectivity index (χ4n) is 4.08. The van der Waals surface area contributed by atoms with Crippen molar-refractivity contribution in [3.05, 3.63) is 59.0 Å². The standard InChI is InChI=1S/C14H8ClF3N4O.C11H16N2O/c1-6-13(23-14(17)18)22-11-10(19-5-20-12(11)21-6)8-3-2-7(15)4-9(8)16;1-2-6-14-11(3-1)9-7-12-13(8-9)10-4-5-10/h2-5,14H,1H3;7-8,10-11H,1-6H2/t;11-/m.1/s1. The molecule has 4 aromatic rings. The van der Waals surface area contributed by atoms with Gasteiger partial charge in [0.1, 0.15) is 29.0 Å². The number of aromatic nitrogens is 6. The predicted octanol–water partition coefficient (Wildman–Crippen LogP) is 6.25. The van der Waals surface area contributed by atoms with E-state index < -0.39 is 12.4 Å². The Morgan fingerprint density at radius 2 is 1.97 bits per heavy atom. The third-order valence-corrected chi connectivity index (χ3v) is 6.32. The molecule has 2 fully saturated rings. The molecule has 4 heterocycles. The van der Waals surface area contributed by atoms with Gasteiger partial charge in [0.15, 0.2) is 5.65 Å². The molecule has 0 spiro atoms. The smallest absolute Gasteiger partial charge is 0.388 e. The van der Waals surface area contributed by atoms with E-state index in [1.165, 1.54) is 56.6 Å². The molecular weight excluding hydrogens is 509 g/mol. The Bertz CT molecular complexity index is 1390. The molecule has 194 valence electrons. The van der Waals surface area contributed by atoms with Crippen LogP contribution in [-0.4, -0.2) is 42.9 Å². The molecule has 6 rings (SSSR count). The second kappa shape index (κ2) is 11.0. The topological polar surface area (TPSA) is 87.8 Å². The summed E-state index contributed by atoms with van der Waals surface area (Å²) in [5.41, 5.74) is 1.81. The van der Waals surface area contributed by atoms with E-state index in [9.17, 15) is 13.2 Å². The molecule has 12 heteroatoms. The maximum Gasteiger partial charge on any atom is 0.388 e. The van der Waals surface area contributed by atoms with E-state index in [2.05, 4.69) is 40.7 Å². The van der Waals surface area contributed by atoms with Crippen LogP contribution in [0.4, 0.5) is 13.2 Å². The fraction of sp³-hybridized carbons (Fsp3) is 0.400. The molecule has 3 aromatic heterocycles. The van der Waals surface area contributed by atoms with Gasteiger partial charge in [-0.3, -0.25) is 4.68 Å². The number of rotatable bonds is 5. The number of halogens is 4. The largest absolute Gasteiger partial charge is 0.415 e. The van der Waals surface area contributed by atoms with Crippen LogP contribution in [0.2, 0.25) is 5.02 Å². The highest BCUT2D eigenvalue weighted by Gasteiger charge is 2.26. The zero-order valence-corrected chi connectivity index (χ0v) is 20.7. The number of alkyl halides is 2. The Morgan fingerprint density at radius 3 is 2.68 bits per heavy atom. The van der Waals surface area contributed by atoms with Crippen LogP contribution in [0, 0.1) is 12.7 Å². The van der Waals surface area contributed by atoms with E-state index in [-0.39, 0.29) is 39.0 Å². The second-order valence-corrected chi connectivity index (χ2v) is 9.29. The number of hydrogen-bond acceptors (Lipinski definition) is 7. The molecule has 0 radical (unpaired) electrons. The number of nitrogens with zero attached hydrogens (tertiary/aromatic N) is 6. The average Bonchev–Trinajstić information content (AvgIpc) is 3.61. The van der Waals surface area contributed by atoms with E-state index in [0.29, 0.717) is 12.1 Å². The first-order valence-electron chi connectivity index (χ1n) is 11.9. The van der Waals surface area contributed by atoms with Gasteiger partial charge in [0.05, 0.1) is 18.3 Å². The van der Waals surface area contributed by atoms with Crippen LogP contribution in [0.3, 0.4) is 0 Å². The summed E-state index contributed by atoms with van der Waals surface area (Å²) >= 11 is 5.72. The maximum atomic E-state index is 14.1. The van der Waals surface area contributed by atoms with Crippen LogP contribution < -0.4 is 4.74 Å². The first-order valence-corrected chi connectivity index (χ1v) is 12.3. The van der Waals surface area contributed by atoms with Gasteiger partial charge in [-0.15, -0.1) is 0 Å². The molecule has 8 nitrogen and oxygen atoms in total. The van der Waals surface area contributed by atoms with Crippen molar-refractivity contribution >= 4 is 22.8 Å². The summed E-state index contributed by atoms with van der Waals surface area (Å²) in [5.74, 6) is -0.992. The van der Waals surface area contributed by atoms with Crippen molar-refractivity contribution in [3.63, 3.8) is 0 Å². The molecule has 1 atom stereocenters. The summed E-state index contributed by atoms with van der Waals surface area (Å²) in [6.45, 7) is -0.686. The van der Waals surface area contributed by atoms with Crippen molar-refractivity contribution in [3.8, 4) is 17.1 Å². The molecule has 2 aliphatic rings. The molecule has 1 saturated heterocycles. The number of benzene rings is 1. The van der Waals surface area contributed by atoms with Gasteiger partial charge < -0.3 is 9.47 Å². The van der Waals surface area contributed by atoms with Crippen molar-refractivity contribution in [1.82, 2.24) is 29.7 Å². The first-order chi connectivity index (χ1) is 17.9. The number of aryl methyl sites for hydroxylation is 1. The van der Waals surface area contributed by atoms with Crippen molar-refractivity contribution in [1.29, 1.82) is 0 Å². The molecule has 1 aromatic carbocycles. The minimum absolute atomic E-state index is 0.0509. The van der Waals surface area contributed by atoms with Crippen molar-refractivity contribution < 1.29 is 22.6 Å². The molecule has 0 bridgehead atoms. The molecule has 1 aliphatic carbocycles. The summed E-state index contributed by atoms with van der Waals surface area (Å²) in [4.78, 5) is 15.9. The highest BCUT2D eigenvalue weighted by atomic mass is 35.5. The summed E-state index contributed by atoms with van der Waals surface area (Å²) in [6.07, 6.45) is 11.9. The maximum absolute atomic E-state index is 14.1. The Labute approximate surface area is 215 Å². The minimum atomic E-state index is -3.05. The van der Waals surface area contributed by atoms with Crippen LogP contribution >= 0.6 is 11.6 Å². The highest BCUT2D eigenvalue weighted by molar-refractivity contribution is 6.30. The van der Waals surface area contributed by atoms with E-state index in [4.69, 9.17) is 16.3 Å². The lowest BCUT2D eigenvalue weighted by atomic mass is 10.0. The Kier molecular flexibility index (Phi) is 7.52. The lowest BCUT2D eigenvalue weighted by molar-refractivity contribution is -0.0534. The Balaban J connectivity index is 0.000000170. The van der Waals surface area contributed by atoms with Crippen molar-refractivity contribution in [2.45, 2.75) is 57.8 Å². The van der Waals surface area contributed by atoms with Gasteiger partial charge in [-0.1, -0.05) is 11.6 Å². The molecule has 0 amide bonds. The van der Waals surface area contributed by atoms with Crippen LogP contribution in [-0.2, 0) is 4.74 Å². The third kappa shape index (κ3) is 5.99. The highest BCUT2D eigenvalue weighted by Crippen LogP contribution is 2.36. The molecule has 37 heavy (non-hydrogen) atoms. The van der Waals surface area contributed by atoms with Crippen LogP contribution in [0.25, 0.3) is 22.4 Å². The lowest BCUT2D eigenvalue weighted by Gasteiger charge is -2.21. The normalized spacial score (nSPS) is 17.5. The monoisotopic (exact) mass is 532 g/mol. The average molecular weight is 533 g/mol. The number of fused-ring (bicyclic) bond motifs is 1. The second-order valence-electron chi connectivity index (χ2n) is 8.85. The zero-order chi connectivity index (χ0) is 25.9. The van der Waals surface area contributed by atoms with Gasteiger partial charge in [-0.2, -0.15) is 13.9 Å². The molecule has 0 unspecified atom stereocenters. The van der Waals surface area contributed by atoms with Gasteiger partial charge in [0, 0.05) is 29.0 Å². The van der Waals surface area contributed by atoms with Crippen molar-refractivity contribution in [2.24, 2.45) is 0 Å². The Morgan fingerprint density at radius 1 is 1.14 bits per heavy atom. The van der Waals surface area contributed by atoms with Crippen LogP contribution in [0.15, 0.2) is 36.9 Å². The summed E-state index contributed by atoms with van der Waals surface area (Å²) in [7, 11) is 0. The Hall–Kier alpha value is -3.31. The number of ether oxygens (including phenoxy) is 2. The molecule has 0 N–H and O–H groups in total. The quantitative estimate of drug-likeness (QED) is 0.300. The summed E-state index contributed by atoms with van der Waals surface area (Å²) < 4.78 is 51.1. The van der Waals surface area contributed by atoms with E-state index in [1.807, 2.05) is 6.20 Å². The minimum Gasteiger partial charge on any atom is -0.415 e. The van der Waals surface area contributed by atoms with Crippen molar-refractivity contribution in [2.75, 3.05) is 6.61 Å². The SMILES string of the molecule is Cc1nc2ncnc(-c3ccc(Cl)cc3F)c2nc1OC(F)F.c1nn(C2CC2)cc1[C@H]1CCCCO1. The van der Waals surface area contributed by atoms with Crippen LogP contribution in [0.5, 0.6) is 5.88 Å². The molecule has 1 saturated carbocycles. The fourth-order valence-corrected chi connectivity index (χ4v) is 4.24. The molecule has 1 aliphatic heterocycles. The van der Waals surface area contributed by atoms with Gasteiger partial charge in [0.2, 0.25) is 5.88 Å². The van der Waals surface area contributed by atoms with E-state index in [0.717, 1.165) is 19.1 Å². The van der Waals surface area contributed by atoms with Gasteiger partial charge in [-0.05, 0) is 57.2 Å². The number of hydrogen-bond donors (Lipinski definition) is 0. The summed E-state index contributed by atoms with van der Waals surface area (Å²) in [5, 5.41) is 4.61. The molecular formula is C25H24ClF3N6O2. The predicted molar refractivity (Wildman–Crippen MR) is 130 cm³/mol. The van der Waals surface area contributed by atoms with Crippen LogP contribution in [0.1, 0.15) is 55.5 Å². The zero-order valence-electron chi connectivity index (χ0n) is 20.0. The lowest BCUT2D eigenvalue weighted by Crippen LogP contribution is -2.10.